The molecule has 0 saturated heterocycles. The van der Waals surface area contributed by atoms with Crippen molar-refractivity contribution >= 4 is 20.9 Å². The molecule has 0 aliphatic carbocycles. The first-order valence-electron chi connectivity index (χ1n) is 2.97. The summed E-state index contributed by atoms with van der Waals surface area (Å²) in [6.07, 6.45) is 0. The second-order valence-corrected chi connectivity index (χ2v) is 5.09. The summed E-state index contributed by atoms with van der Waals surface area (Å²) in [5.74, 6) is 0. The van der Waals surface area contributed by atoms with E-state index in [9.17, 15) is 0 Å². The third-order valence-electron chi connectivity index (χ3n) is 0.864. The first-order valence-corrected chi connectivity index (χ1v) is 6.27. The number of hydrogen-bond acceptors (Lipinski definition) is 2. The number of ether oxygens (including phenoxy) is 2. The molecular formula is C6H14O2Te. The van der Waals surface area contributed by atoms with Crippen LogP contribution >= 0.6 is 0 Å². The van der Waals surface area contributed by atoms with Gasteiger partial charge in [-0.05, 0) is 0 Å². The normalized spacial score (nSPS) is 10.0. The van der Waals surface area contributed by atoms with Crippen LogP contribution in [0.15, 0.2) is 0 Å². The summed E-state index contributed by atoms with van der Waals surface area (Å²) in [6, 6.07) is 0. The predicted octanol–water partition coefficient (Wildman–Crippen LogP) is 0.820. The zero-order chi connectivity index (χ0) is 6.95. The Bertz CT molecular complexity index is 44.3. The van der Waals surface area contributed by atoms with Gasteiger partial charge in [0.15, 0.2) is 0 Å². The van der Waals surface area contributed by atoms with Gasteiger partial charge in [-0.15, -0.1) is 0 Å². The molecule has 0 unspecified atom stereocenters. The Morgan fingerprint density at radius 3 is 1.78 bits per heavy atom. The molecule has 0 aliphatic heterocycles. The molecule has 0 heterocycles. The van der Waals surface area contributed by atoms with E-state index in [1.165, 1.54) is 8.94 Å². The molecule has 0 rings (SSSR count). The molecular weight excluding hydrogens is 232 g/mol. The van der Waals surface area contributed by atoms with Crippen LogP contribution in [-0.2, 0) is 9.47 Å². The topological polar surface area (TPSA) is 18.5 Å². The molecule has 0 atom stereocenters. The molecule has 0 amide bonds. The van der Waals surface area contributed by atoms with Crippen LogP contribution in [0.3, 0.4) is 0 Å². The van der Waals surface area contributed by atoms with Crippen molar-refractivity contribution in [3.05, 3.63) is 0 Å². The van der Waals surface area contributed by atoms with Gasteiger partial charge in [0.1, 0.15) is 0 Å². The van der Waals surface area contributed by atoms with Crippen LogP contribution in [0.2, 0.25) is 8.94 Å². The van der Waals surface area contributed by atoms with Crippen LogP contribution in [0.5, 0.6) is 0 Å². The molecule has 0 radical (unpaired) electrons. The first-order chi connectivity index (χ1) is 4.41. The first kappa shape index (κ1) is 9.71. The Balaban J connectivity index is 2.60. The number of hydrogen-bond donors (Lipinski definition) is 0. The summed E-state index contributed by atoms with van der Waals surface area (Å²) < 4.78 is 12.4. The molecule has 0 N–H and O–H groups in total. The van der Waals surface area contributed by atoms with Gasteiger partial charge in [0, 0.05) is 0 Å². The van der Waals surface area contributed by atoms with E-state index in [4.69, 9.17) is 9.47 Å². The van der Waals surface area contributed by atoms with E-state index in [0.29, 0.717) is 0 Å². The van der Waals surface area contributed by atoms with Gasteiger partial charge in [-0.2, -0.15) is 0 Å². The van der Waals surface area contributed by atoms with Crippen molar-refractivity contribution in [2.24, 2.45) is 0 Å². The van der Waals surface area contributed by atoms with Gasteiger partial charge in [0.2, 0.25) is 0 Å². The van der Waals surface area contributed by atoms with E-state index in [2.05, 4.69) is 0 Å². The average molecular weight is 246 g/mol. The Labute approximate surface area is 67.0 Å². The van der Waals surface area contributed by atoms with Crippen LogP contribution in [0.1, 0.15) is 0 Å². The van der Waals surface area contributed by atoms with Crippen molar-refractivity contribution in [1.29, 1.82) is 0 Å². The van der Waals surface area contributed by atoms with Gasteiger partial charge in [-0.3, -0.25) is 0 Å². The Morgan fingerprint density at radius 1 is 1.00 bits per heavy atom. The third-order valence-corrected chi connectivity index (χ3v) is 3.46. The van der Waals surface area contributed by atoms with Gasteiger partial charge in [0.05, 0.1) is 0 Å². The molecule has 0 aromatic carbocycles. The van der Waals surface area contributed by atoms with Gasteiger partial charge >= 0.3 is 66.8 Å². The minimum absolute atomic E-state index is 0.208. The van der Waals surface area contributed by atoms with Crippen LogP contribution in [0, 0.1) is 0 Å². The maximum absolute atomic E-state index is 4.91. The summed E-state index contributed by atoms with van der Waals surface area (Å²) in [7, 11) is 3.51. The molecule has 0 bridgehead atoms. The molecule has 0 aromatic rings. The SMILES string of the molecule is COCC[Te]CCOC. The Kier molecular flexibility index (Phi) is 9.40. The van der Waals surface area contributed by atoms with E-state index in [1.807, 2.05) is 0 Å². The van der Waals surface area contributed by atoms with Gasteiger partial charge in [-0.1, -0.05) is 0 Å². The monoisotopic (exact) mass is 248 g/mol. The standard InChI is InChI=1S/C6H14O2Te/c1-7-3-5-9-6-4-8-2/h3-6H2,1-2H3. The van der Waals surface area contributed by atoms with E-state index in [1.54, 1.807) is 14.2 Å². The molecule has 0 aromatic heterocycles. The van der Waals surface area contributed by atoms with E-state index >= 15 is 0 Å². The summed E-state index contributed by atoms with van der Waals surface area (Å²) >= 11 is 0.208. The third kappa shape index (κ3) is 8.71. The summed E-state index contributed by atoms with van der Waals surface area (Å²) in [4.78, 5) is 0. The summed E-state index contributed by atoms with van der Waals surface area (Å²) in [5, 5.41) is 0. The van der Waals surface area contributed by atoms with Crippen molar-refractivity contribution in [3.63, 3.8) is 0 Å². The Hall–Kier alpha value is 0.710. The zero-order valence-electron chi connectivity index (χ0n) is 6.05. The second kappa shape index (κ2) is 8.71. The Morgan fingerprint density at radius 2 is 1.44 bits per heavy atom. The van der Waals surface area contributed by atoms with Crippen LogP contribution < -0.4 is 0 Å². The van der Waals surface area contributed by atoms with Crippen molar-refractivity contribution in [1.82, 2.24) is 0 Å². The molecule has 56 valence electrons. The van der Waals surface area contributed by atoms with E-state index in [0.717, 1.165) is 13.2 Å². The van der Waals surface area contributed by atoms with Crippen LogP contribution in [0.4, 0.5) is 0 Å². The molecule has 2 nitrogen and oxygen atoms in total. The summed E-state index contributed by atoms with van der Waals surface area (Å²) in [6.45, 7) is 1.87. The molecule has 3 heteroatoms. The van der Waals surface area contributed by atoms with Gasteiger partial charge < -0.3 is 0 Å². The fourth-order valence-electron chi connectivity index (χ4n) is 0.387. The fraction of sp³-hybridized carbons (Fsp3) is 1.00. The van der Waals surface area contributed by atoms with Crippen molar-refractivity contribution in [2.45, 2.75) is 8.94 Å². The van der Waals surface area contributed by atoms with E-state index < -0.39 is 0 Å². The van der Waals surface area contributed by atoms with Crippen molar-refractivity contribution in [2.75, 3.05) is 27.4 Å². The quantitative estimate of drug-likeness (QED) is 0.510. The minimum atomic E-state index is 0.208. The fourth-order valence-corrected chi connectivity index (χ4v) is 2.59. The summed E-state index contributed by atoms with van der Waals surface area (Å²) in [5.41, 5.74) is 0. The number of methoxy groups -OCH3 is 2. The molecule has 9 heavy (non-hydrogen) atoms. The van der Waals surface area contributed by atoms with Crippen molar-refractivity contribution in [3.8, 4) is 0 Å². The van der Waals surface area contributed by atoms with E-state index in [-0.39, 0.29) is 20.9 Å². The molecule has 0 saturated carbocycles. The molecule has 0 fully saturated rings. The van der Waals surface area contributed by atoms with Crippen LogP contribution in [-0.4, -0.2) is 48.4 Å². The van der Waals surface area contributed by atoms with Gasteiger partial charge in [-0.25, -0.2) is 0 Å². The maximum atomic E-state index is 4.91. The molecule has 0 spiro atoms. The predicted molar refractivity (Wildman–Crippen MR) is 39.1 cm³/mol. The van der Waals surface area contributed by atoms with Gasteiger partial charge in [0.25, 0.3) is 0 Å². The number of rotatable bonds is 6. The van der Waals surface area contributed by atoms with Crippen LogP contribution in [0.25, 0.3) is 0 Å². The van der Waals surface area contributed by atoms with Crippen molar-refractivity contribution < 1.29 is 9.47 Å². The second-order valence-electron chi connectivity index (χ2n) is 1.60. The average Bonchev–Trinajstić information content (AvgIpc) is 1.89. The zero-order valence-corrected chi connectivity index (χ0v) is 8.38. The molecule has 0 aliphatic rings.